The van der Waals surface area contributed by atoms with Crippen LogP contribution in [0, 0.1) is 0 Å². The molecule has 0 saturated heterocycles. The van der Waals surface area contributed by atoms with E-state index in [0.717, 1.165) is 17.6 Å². The Labute approximate surface area is 104 Å². The summed E-state index contributed by atoms with van der Waals surface area (Å²) in [6.45, 7) is 3.03. The van der Waals surface area contributed by atoms with Crippen molar-refractivity contribution >= 4 is 32.1 Å². The summed E-state index contributed by atoms with van der Waals surface area (Å²) in [5.74, 6) is -0.672. The third-order valence-electron chi connectivity index (χ3n) is 2.47. The van der Waals surface area contributed by atoms with Crippen LogP contribution in [-0.4, -0.2) is 32.7 Å². The van der Waals surface area contributed by atoms with Crippen LogP contribution in [0.15, 0.2) is 0 Å². The Balaban J connectivity index is 3.32. The molecule has 6 nitrogen and oxygen atoms in total. The van der Waals surface area contributed by atoms with E-state index in [1.807, 2.05) is 0 Å². The largest absolute Gasteiger partial charge is 0.464 e. The fraction of sp³-hybridized carbons (Fsp3) is 0.556. The van der Waals surface area contributed by atoms with Gasteiger partial charge in [-0.2, -0.15) is 0 Å². The second-order valence-electron chi connectivity index (χ2n) is 4.01. The molecule has 96 valence electrons. The summed E-state index contributed by atoms with van der Waals surface area (Å²) < 4.78 is 26.6. The normalized spacial score (nSPS) is 12.5. The maximum atomic E-state index is 11.6. The fourth-order valence-electron chi connectivity index (χ4n) is 0.991. The standard InChI is InChI=1S/C9H14N2O4S2/c1-9(2,17(4,13)14)8-11-5(6(10)16-8)7(12)15-3/h10H2,1-4H3. The minimum atomic E-state index is -3.35. The van der Waals surface area contributed by atoms with Crippen LogP contribution in [0.25, 0.3) is 0 Å². The lowest BCUT2D eigenvalue weighted by atomic mass is 10.2. The molecule has 2 N–H and O–H groups in total. The molecule has 0 fully saturated rings. The van der Waals surface area contributed by atoms with E-state index in [1.54, 1.807) is 0 Å². The van der Waals surface area contributed by atoms with Gasteiger partial charge in [0.15, 0.2) is 15.5 Å². The summed E-state index contributed by atoms with van der Waals surface area (Å²) in [5, 5.41) is 0.432. The van der Waals surface area contributed by atoms with Crippen molar-refractivity contribution in [3.05, 3.63) is 10.7 Å². The number of aromatic nitrogens is 1. The second kappa shape index (κ2) is 4.26. The second-order valence-corrected chi connectivity index (χ2v) is 7.60. The molecular weight excluding hydrogens is 264 g/mol. The quantitative estimate of drug-likeness (QED) is 0.821. The Kier molecular flexibility index (Phi) is 3.49. The molecule has 0 aliphatic heterocycles. The number of thiazole rings is 1. The molecule has 0 unspecified atom stereocenters. The summed E-state index contributed by atoms with van der Waals surface area (Å²) in [5.41, 5.74) is 5.58. The van der Waals surface area contributed by atoms with Crippen molar-refractivity contribution in [1.82, 2.24) is 4.98 Å². The first-order valence-corrected chi connectivity index (χ1v) is 7.36. The van der Waals surface area contributed by atoms with Crippen LogP contribution < -0.4 is 5.73 Å². The van der Waals surface area contributed by atoms with E-state index in [4.69, 9.17) is 5.73 Å². The third kappa shape index (κ3) is 2.42. The van der Waals surface area contributed by atoms with Crippen LogP contribution in [0.2, 0.25) is 0 Å². The number of esters is 1. The van der Waals surface area contributed by atoms with Crippen LogP contribution in [0.3, 0.4) is 0 Å². The highest BCUT2D eigenvalue weighted by Gasteiger charge is 2.37. The van der Waals surface area contributed by atoms with Gasteiger partial charge in [-0.15, -0.1) is 0 Å². The SMILES string of the molecule is COC(=O)c1nc(C(C)(C)S(C)(=O)=O)sc1N. The topological polar surface area (TPSA) is 99.3 Å². The van der Waals surface area contributed by atoms with Crippen molar-refractivity contribution in [2.75, 3.05) is 19.1 Å². The van der Waals surface area contributed by atoms with E-state index < -0.39 is 20.6 Å². The highest BCUT2D eigenvalue weighted by atomic mass is 32.2. The van der Waals surface area contributed by atoms with Gasteiger partial charge in [0.2, 0.25) is 0 Å². The summed E-state index contributed by atoms with van der Waals surface area (Å²) in [7, 11) is -2.14. The summed E-state index contributed by atoms with van der Waals surface area (Å²) >= 11 is 0.979. The Morgan fingerprint density at radius 3 is 2.41 bits per heavy atom. The van der Waals surface area contributed by atoms with Crippen LogP contribution in [0.4, 0.5) is 5.00 Å². The lowest BCUT2D eigenvalue weighted by molar-refractivity contribution is 0.0596. The average molecular weight is 278 g/mol. The molecule has 17 heavy (non-hydrogen) atoms. The number of nitrogens with two attached hydrogens (primary N) is 1. The molecule has 0 atom stereocenters. The first-order chi connectivity index (χ1) is 7.61. The van der Waals surface area contributed by atoms with Crippen molar-refractivity contribution in [1.29, 1.82) is 0 Å². The van der Waals surface area contributed by atoms with Crippen LogP contribution >= 0.6 is 11.3 Å². The van der Waals surface area contributed by atoms with Gasteiger partial charge in [0.25, 0.3) is 0 Å². The smallest absolute Gasteiger partial charge is 0.359 e. The van der Waals surface area contributed by atoms with E-state index in [0.29, 0.717) is 0 Å². The number of carbonyl (C=O) groups excluding carboxylic acids is 1. The van der Waals surface area contributed by atoms with Crippen molar-refractivity contribution in [2.45, 2.75) is 18.6 Å². The molecule has 1 rings (SSSR count). The molecule has 0 aliphatic carbocycles. The number of carbonyl (C=O) groups is 1. The van der Waals surface area contributed by atoms with Gasteiger partial charge in [-0.05, 0) is 13.8 Å². The number of anilines is 1. The van der Waals surface area contributed by atoms with Crippen molar-refractivity contribution in [3.8, 4) is 0 Å². The minimum Gasteiger partial charge on any atom is -0.464 e. The van der Waals surface area contributed by atoms with Gasteiger partial charge in [0, 0.05) is 6.26 Å². The van der Waals surface area contributed by atoms with Crippen LogP contribution in [-0.2, 0) is 19.3 Å². The highest BCUT2D eigenvalue weighted by Crippen LogP contribution is 2.35. The van der Waals surface area contributed by atoms with Gasteiger partial charge in [-0.3, -0.25) is 0 Å². The fourth-order valence-corrected chi connectivity index (χ4v) is 2.75. The number of ether oxygens (including phenoxy) is 1. The lowest BCUT2D eigenvalue weighted by Crippen LogP contribution is -2.28. The molecule has 0 amide bonds. The number of nitrogens with zero attached hydrogens (tertiary/aromatic N) is 1. The van der Waals surface area contributed by atoms with E-state index in [2.05, 4.69) is 9.72 Å². The minimum absolute atomic E-state index is 0.0378. The van der Waals surface area contributed by atoms with Crippen molar-refractivity contribution < 1.29 is 17.9 Å². The van der Waals surface area contributed by atoms with E-state index in [-0.39, 0.29) is 15.7 Å². The highest BCUT2D eigenvalue weighted by molar-refractivity contribution is 7.91. The molecule has 0 saturated carbocycles. The molecule has 0 bridgehead atoms. The van der Waals surface area contributed by atoms with Gasteiger partial charge < -0.3 is 10.5 Å². The maximum Gasteiger partial charge on any atom is 0.359 e. The molecule has 1 aromatic rings. The lowest BCUT2D eigenvalue weighted by Gasteiger charge is -2.18. The number of hydrogen-bond acceptors (Lipinski definition) is 7. The van der Waals surface area contributed by atoms with Crippen LogP contribution in [0.1, 0.15) is 29.3 Å². The zero-order valence-corrected chi connectivity index (χ0v) is 11.6. The molecule has 0 spiro atoms. The van der Waals surface area contributed by atoms with Crippen LogP contribution in [0.5, 0.6) is 0 Å². The number of rotatable bonds is 3. The van der Waals surface area contributed by atoms with Gasteiger partial charge >= 0.3 is 5.97 Å². The molecular formula is C9H14N2O4S2. The number of methoxy groups -OCH3 is 1. The average Bonchev–Trinajstić information content (AvgIpc) is 2.58. The van der Waals surface area contributed by atoms with E-state index in [1.165, 1.54) is 21.0 Å². The Hall–Kier alpha value is -1.15. The summed E-state index contributed by atoms with van der Waals surface area (Å²) in [6, 6.07) is 0. The van der Waals surface area contributed by atoms with Crippen molar-refractivity contribution in [3.63, 3.8) is 0 Å². The van der Waals surface area contributed by atoms with E-state index in [9.17, 15) is 13.2 Å². The molecule has 8 heteroatoms. The maximum absolute atomic E-state index is 11.6. The molecule has 1 aromatic heterocycles. The van der Waals surface area contributed by atoms with Gasteiger partial charge in [0.05, 0.1) is 7.11 Å². The Morgan fingerprint density at radius 1 is 1.47 bits per heavy atom. The Bertz CT molecular complexity index is 545. The molecule has 0 radical (unpaired) electrons. The predicted molar refractivity (Wildman–Crippen MR) is 65.7 cm³/mol. The molecule has 0 aromatic carbocycles. The predicted octanol–water partition coefficient (Wildman–Crippen LogP) is 0.792. The number of hydrogen-bond donors (Lipinski definition) is 1. The summed E-state index contributed by atoms with van der Waals surface area (Å²) in [6.07, 6.45) is 1.11. The van der Waals surface area contributed by atoms with Crippen molar-refractivity contribution in [2.24, 2.45) is 0 Å². The zero-order valence-electron chi connectivity index (χ0n) is 9.97. The van der Waals surface area contributed by atoms with Gasteiger partial charge in [-0.25, -0.2) is 18.2 Å². The number of nitrogen functional groups attached to an aromatic ring is 1. The van der Waals surface area contributed by atoms with Gasteiger partial charge in [0.1, 0.15) is 14.8 Å². The Morgan fingerprint density at radius 2 is 2.00 bits per heavy atom. The molecule has 1 heterocycles. The number of sulfone groups is 1. The molecule has 0 aliphatic rings. The zero-order chi connectivity index (χ0) is 13.4. The van der Waals surface area contributed by atoms with Gasteiger partial charge in [-0.1, -0.05) is 11.3 Å². The summed E-state index contributed by atoms with van der Waals surface area (Å²) in [4.78, 5) is 15.3. The first-order valence-electron chi connectivity index (χ1n) is 4.66. The monoisotopic (exact) mass is 278 g/mol. The first kappa shape index (κ1) is 13.9. The third-order valence-corrected chi connectivity index (χ3v) is 5.86. The van der Waals surface area contributed by atoms with E-state index >= 15 is 0 Å².